The van der Waals surface area contributed by atoms with Gasteiger partial charge in [0, 0.05) is 55.7 Å². The fourth-order valence-electron chi connectivity index (χ4n) is 3.15. The Bertz CT molecular complexity index is 819. The Morgan fingerprint density at radius 3 is 2.24 bits per heavy atom. The highest BCUT2D eigenvalue weighted by Gasteiger charge is 2.18. The third kappa shape index (κ3) is 6.10. The number of piperazine rings is 1. The molecule has 1 fully saturated rings. The van der Waals surface area contributed by atoms with Crippen LogP contribution in [0.5, 0.6) is 5.75 Å². The highest BCUT2D eigenvalue weighted by atomic mass is 35.5. The van der Waals surface area contributed by atoms with Crippen molar-refractivity contribution in [2.24, 2.45) is 0 Å². The molecule has 2 aromatic carbocycles. The molecule has 2 N–H and O–H groups in total. The van der Waals surface area contributed by atoms with E-state index in [-0.39, 0.29) is 0 Å². The van der Waals surface area contributed by atoms with Crippen molar-refractivity contribution in [2.75, 3.05) is 56.6 Å². The summed E-state index contributed by atoms with van der Waals surface area (Å²) in [7, 11) is 1.66. The van der Waals surface area contributed by atoms with Gasteiger partial charge in [-0.15, -0.1) is 0 Å². The van der Waals surface area contributed by atoms with Crippen molar-refractivity contribution in [1.29, 1.82) is 0 Å². The molecular weight excluding hydrogens is 392 g/mol. The lowest BCUT2D eigenvalue weighted by molar-refractivity contribution is -0.136. The zero-order valence-corrected chi connectivity index (χ0v) is 17.1. The Kier molecular flexibility index (Phi) is 7.32. The number of rotatable bonds is 6. The molecule has 1 aliphatic heterocycles. The number of amides is 2. The third-order valence-electron chi connectivity index (χ3n) is 4.83. The Hall–Kier alpha value is -2.77. The molecule has 3 rings (SSSR count). The van der Waals surface area contributed by atoms with Crippen LogP contribution in [-0.2, 0) is 9.59 Å². The van der Waals surface area contributed by atoms with Gasteiger partial charge < -0.3 is 20.3 Å². The van der Waals surface area contributed by atoms with E-state index in [4.69, 9.17) is 16.3 Å². The van der Waals surface area contributed by atoms with Crippen molar-refractivity contribution < 1.29 is 14.3 Å². The molecule has 8 heteroatoms. The summed E-state index contributed by atoms with van der Waals surface area (Å²) in [5.74, 6) is -0.475. The smallest absolute Gasteiger partial charge is 0.313 e. The third-order valence-corrected chi connectivity index (χ3v) is 5.08. The van der Waals surface area contributed by atoms with Crippen molar-refractivity contribution in [3.8, 4) is 5.75 Å². The largest absolute Gasteiger partial charge is 0.497 e. The minimum atomic E-state index is -0.684. The number of anilines is 2. The summed E-state index contributed by atoms with van der Waals surface area (Å²) < 4.78 is 5.20. The normalized spacial score (nSPS) is 14.3. The quantitative estimate of drug-likeness (QED) is 0.706. The highest BCUT2D eigenvalue weighted by molar-refractivity contribution is 6.39. The van der Waals surface area contributed by atoms with Crippen molar-refractivity contribution >= 4 is 34.8 Å². The van der Waals surface area contributed by atoms with Gasteiger partial charge in [-0.3, -0.25) is 14.5 Å². The number of hydrogen-bond acceptors (Lipinski definition) is 5. The molecule has 29 heavy (non-hydrogen) atoms. The van der Waals surface area contributed by atoms with Crippen molar-refractivity contribution in [3.63, 3.8) is 0 Å². The second kappa shape index (κ2) is 10.1. The summed E-state index contributed by atoms with van der Waals surface area (Å²) in [6.45, 7) is 4.76. The zero-order chi connectivity index (χ0) is 20.6. The van der Waals surface area contributed by atoms with Crippen molar-refractivity contribution in [2.45, 2.75) is 0 Å². The summed E-state index contributed by atoms with van der Waals surface area (Å²) in [5.41, 5.74) is 1.71. The zero-order valence-electron chi connectivity index (χ0n) is 16.4. The topological polar surface area (TPSA) is 73.9 Å². The van der Waals surface area contributed by atoms with E-state index in [9.17, 15) is 9.59 Å². The van der Waals surface area contributed by atoms with E-state index in [1.807, 2.05) is 12.1 Å². The molecule has 1 aliphatic rings. The number of ether oxygens (including phenoxy) is 1. The summed E-state index contributed by atoms with van der Waals surface area (Å²) in [6.07, 6.45) is 0. The van der Waals surface area contributed by atoms with Gasteiger partial charge in [0.2, 0.25) is 0 Å². The van der Waals surface area contributed by atoms with Crippen LogP contribution in [0.15, 0.2) is 48.5 Å². The van der Waals surface area contributed by atoms with Crippen LogP contribution in [0.4, 0.5) is 11.4 Å². The molecule has 7 nitrogen and oxygen atoms in total. The second-order valence-electron chi connectivity index (χ2n) is 6.74. The fraction of sp³-hybridized carbons (Fsp3) is 0.333. The molecule has 0 spiro atoms. The number of nitrogens with one attached hydrogen (secondary N) is 2. The van der Waals surface area contributed by atoms with Gasteiger partial charge >= 0.3 is 11.8 Å². The van der Waals surface area contributed by atoms with E-state index in [1.54, 1.807) is 31.4 Å². The average Bonchev–Trinajstić information content (AvgIpc) is 2.76. The molecule has 1 saturated heterocycles. The first-order valence-electron chi connectivity index (χ1n) is 9.51. The molecule has 0 radical (unpaired) electrons. The van der Waals surface area contributed by atoms with E-state index in [0.717, 1.165) is 31.9 Å². The van der Waals surface area contributed by atoms with Gasteiger partial charge in [-0.25, -0.2) is 0 Å². The first-order valence-corrected chi connectivity index (χ1v) is 9.89. The number of halogens is 1. The van der Waals surface area contributed by atoms with E-state index >= 15 is 0 Å². The van der Waals surface area contributed by atoms with Crippen LogP contribution in [0.1, 0.15) is 0 Å². The molecule has 0 atom stereocenters. The van der Waals surface area contributed by atoms with Crippen LogP contribution in [0.2, 0.25) is 5.02 Å². The Labute approximate surface area is 175 Å². The minimum absolute atomic E-state index is 0.426. The van der Waals surface area contributed by atoms with Gasteiger partial charge in [-0.05, 0) is 48.5 Å². The SMILES string of the molecule is COc1ccc(N2CCN(CCNC(=O)C(=O)Nc3ccc(Cl)cc3)CC2)cc1. The average molecular weight is 417 g/mol. The fourth-order valence-corrected chi connectivity index (χ4v) is 3.28. The lowest BCUT2D eigenvalue weighted by Gasteiger charge is -2.36. The molecule has 1 heterocycles. The van der Waals surface area contributed by atoms with E-state index in [2.05, 4.69) is 32.6 Å². The standard InChI is InChI=1S/C21H25ClN4O3/c1-29-19-8-6-18(7-9-19)26-14-12-25(13-15-26)11-10-23-20(27)21(28)24-17-4-2-16(22)3-5-17/h2-9H,10-15H2,1H3,(H,23,27)(H,24,28). The van der Waals surface area contributed by atoms with E-state index < -0.39 is 11.8 Å². The molecule has 2 aromatic rings. The summed E-state index contributed by atoms with van der Waals surface area (Å²) in [5, 5.41) is 5.79. The van der Waals surface area contributed by atoms with Crippen LogP contribution in [0.3, 0.4) is 0 Å². The lowest BCUT2D eigenvalue weighted by atomic mass is 10.2. The molecule has 0 unspecified atom stereocenters. The van der Waals surface area contributed by atoms with Crippen molar-refractivity contribution in [1.82, 2.24) is 10.2 Å². The number of carbonyl (C=O) groups excluding carboxylic acids is 2. The monoisotopic (exact) mass is 416 g/mol. The summed E-state index contributed by atoms with van der Waals surface area (Å²) in [4.78, 5) is 28.5. The molecule has 0 aromatic heterocycles. The highest BCUT2D eigenvalue weighted by Crippen LogP contribution is 2.20. The first-order chi connectivity index (χ1) is 14.0. The minimum Gasteiger partial charge on any atom is -0.497 e. The maximum absolute atomic E-state index is 12.0. The molecular formula is C21H25ClN4O3. The van der Waals surface area contributed by atoms with Gasteiger partial charge in [0.05, 0.1) is 7.11 Å². The Morgan fingerprint density at radius 1 is 0.966 bits per heavy atom. The lowest BCUT2D eigenvalue weighted by Crippen LogP contribution is -2.49. The number of benzene rings is 2. The summed E-state index contributed by atoms with van der Waals surface area (Å²) in [6, 6.07) is 14.7. The van der Waals surface area contributed by atoms with Crippen LogP contribution >= 0.6 is 11.6 Å². The predicted octanol–water partition coefficient (Wildman–Crippen LogP) is 2.23. The van der Waals surface area contributed by atoms with E-state index in [0.29, 0.717) is 23.8 Å². The molecule has 154 valence electrons. The van der Waals surface area contributed by atoms with Crippen LogP contribution in [-0.4, -0.2) is 63.1 Å². The molecule has 0 aliphatic carbocycles. The predicted molar refractivity (Wildman–Crippen MR) is 115 cm³/mol. The van der Waals surface area contributed by atoms with E-state index in [1.165, 1.54) is 5.69 Å². The first kappa shape index (κ1) is 21.0. The van der Waals surface area contributed by atoms with Crippen LogP contribution in [0, 0.1) is 0 Å². The van der Waals surface area contributed by atoms with Gasteiger partial charge in [-0.1, -0.05) is 11.6 Å². The molecule has 2 amide bonds. The number of hydrogen-bond donors (Lipinski definition) is 2. The Balaban J connectivity index is 1.36. The molecule has 0 bridgehead atoms. The number of nitrogens with zero attached hydrogens (tertiary/aromatic N) is 2. The van der Waals surface area contributed by atoms with Crippen molar-refractivity contribution in [3.05, 3.63) is 53.6 Å². The Morgan fingerprint density at radius 2 is 1.62 bits per heavy atom. The number of carbonyl (C=O) groups is 2. The second-order valence-corrected chi connectivity index (χ2v) is 7.18. The van der Waals surface area contributed by atoms with Gasteiger partial charge in [-0.2, -0.15) is 0 Å². The van der Waals surface area contributed by atoms with Crippen LogP contribution < -0.4 is 20.3 Å². The molecule has 0 saturated carbocycles. The maximum Gasteiger partial charge on any atom is 0.313 e. The van der Waals surface area contributed by atoms with Gasteiger partial charge in [0.1, 0.15) is 5.75 Å². The number of methoxy groups -OCH3 is 1. The van der Waals surface area contributed by atoms with Gasteiger partial charge in [0.15, 0.2) is 0 Å². The maximum atomic E-state index is 12.0. The van der Waals surface area contributed by atoms with Crippen LogP contribution in [0.25, 0.3) is 0 Å². The van der Waals surface area contributed by atoms with Gasteiger partial charge in [0.25, 0.3) is 0 Å². The summed E-state index contributed by atoms with van der Waals surface area (Å²) >= 11 is 5.80.